The van der Waals surface area contributed by atoms with E-state index in [1.807, 2.05) is 72.2 Å². The Labute approximate surface area is 261 Å². The van der Waals surface area contributed by atoms with Crippen LogP contribution in [0, 0.1) is 6.92 Å². The van der Waals surface area contributed by atoms with Gasteiger partial charge in [-0.25, -0.2) is 0 Å². The minimum atomic E-state index is -0.546. The molecule has 2 aliphatic rings. The number of nitrogens with zero attached hydrogens (tertiary/aromatic N) is 2. The van der Waals surface area contributed by atoms with Crippen LogP contribution in [0.25, 0.3) is 27.8 Å². The van der Waals surface area contributed by atoms with E-state index in [0.717, 1.165) is 44.0 Å². The second-order valence-electron chi connectivity index (χ2n) is 10.6. The number of carbonyl (C=O) groups is 4. The summed E-state index contributed by atoms with van der Waals surface area (Å²) in [5, 5.41) is 7.86. The van der Waals surface area contributed by atoms with Crippen molar-refractivity contribution in [2.75, 3.05) is 24.0 Å². The van der Waals surface area contributed by atoms with E-state index in [0.29, 0.717) is 28.4 Å². The van der Waals surface area contributed by atoms with Crippen molar-refractivity contribution in [3.8, 4) is 11.5 Å². The van der Waals surface area contributed by atoms with Crippen LogP contribution in [0.3, 0.4) is 0 Å². The van der Waals surface area contributed by atoms with Gasteiger partial charge in [-0.2, -0.15) is 0 Å². The number of imide groups is 1. The first-order chi connectivity index (χ1) is 21.9. The van der Waals surface area contributed by atoms with Gasteiger partial charge in [-0.3, -0.25) is 24.1 Å². The molecule has 2 aliphatic heterocycles. The summed E-state index contributed by atoms with van der Waals surface area (Å²) in [7, 11) is 0. The molecule has 4 aromatic carbocycles. The molecule has 4 amide bonds. The van der Waals surface area contributed by atoms with Gasteiger partial charge in [0, 0.05) is 45.0 Å². The predicted octanol–water partition coefficient (Wildman–Crippen LogP) is 6.15. The fourth-order valence-corrected chi connectivity index (χ4v) is 6.42. The van der Waals surface area contributed by atoms with Crippen LogP contribution in [0.2, 0.25) is 0 Å². The van der Waals surface area contributed by atoms with Gasteiger partial charge in [-0.05, 0) is 54.4 Å². The molecular formula is C34H26N4O6S. The molecule has 0 radical (unpaired) electrons. The Balaban J connectivity index is 1.10. The number of benzene rings is 4. The zero-order valence-electron chi connectivity index (χ0n) is 24.0. The summed E-state index contributed by atoms with van der Waals surface area (Å²) in [6.07, 6.45) is 1.66. The third kappa shape index (κ3) is 5.38. The number of anilines is 2. The minimum Gasteiger partial charge on any atom is -0.454 e. The van der Waals surface area contributed by atoms with Crippen LogP contribution in [-0.4, -0.2) is 45.8 Å². The molecule has 0 saturated carbocycles. The Morgan fingerprint density at radius 1 is 0.844 bits per heavy atom. The van der Waals surface area contributed by atoms with Crippen LogP contribution in [-0.2, 0) is 20.9 Å². The molecule has 1 fully saturated rings. The molecule has 0 bridgehead atoms. The lowest BCUT2D eigenvalue weighted by molar-refractivity contribution is -0.127. The molecule has 224 valence electrons. The predicted molar refractivity (Wildman–Crippen MR) is 173 cm³/mol. The molecule has 11 heteroatoms. The zero-order chi connectivity index (χ0) is 31.1. The third-order valence-corrected chi connectivity index (χ3v) is 8.66. The van der Waals surface area contributed by atoms with E-state index in [-0.39, 0.29) is 24.2 Å². The molecule has 1 saturated heterocycles. The van der Waals surface area contributed by atoms with Crippen LogP contribution in [0.15, 0.2) is 89.8 Å². The van der Waals surface area contributed by atoms with E-state index in [2.05, 4.69) is 10.6 Å². The molecule has 1 aromatic heterocycles. The molecule has 0 atom stereocenters. The highest BCUT2D eigenvalue weighted by Crippen LogP contribution is 2.37. The first-order valence-electron chi connectivity index (χ1n) is 14.2. The summed E-state index contributed by atoms with van der Waals surface area (Å²) < 4.78 is 12.6. The highest BCUT2D eigenvalue weighted by molar-refractivity contribution is 8.18. The topological polar surface area (TPSA) is 119 Å². The quantitative estimate of drug-likeness (QED) is 0.210. The number of thioether (sulfide) groups is 1. The maximum absolute atomic E-state index is 13.4. The molecule has 0 unspecified atom stereocenters. The van der Waals surface area contributed by atoms with Crippen molar-refractivity contribution in [1.82, 2.24) is 9.47 Å². The molecule has 2 N–H and O–H groups in total. The van der Waals surface area contributed by atoms with Gasteiger partial charge in [-0.1, -0.05) is 54.6 Å². The van der Waals surface area contributed by atoms with Gasteiger partial charge in [0.25, 0.3) is 11.1 Å². The number of aromatic nitrogens is 1. The Morgan fingerprint density at radius 2 is 1.58 bits per heavy atom. The Morgan fingerprint density at radius 3 is 2.44 bits per heavy atom. The van der Waals surface area contributed by atoms with Gasteiger partial charge in [0.1, 0.15) is 13.1 Å². The fraction of sp³-hybridized carbons (Fsp3) is 0.118. The first-order valence-corrected chi connectivity index (χ1v) is 15.0. The Kier molecular flexibility index (Phi) is 7.22. The summed E-state index contributed by atoms with van der Waals surface area (Å²) in [5.41, 5.74) is 3.45. The van der Waals surface area contributed by atoms with Crippen molar-refractivity contribution in [2.24, 2.45) is 0 Å². The van der Waals surface area contributed by atoms with Crippen LogP contribution in [0.1, 0.15) is 11.3 Å². The molecule has 5 aromatic rings. The largest absolute Gasteiger partial charge is 0.454 e. The van der Waals surface area contributed by atoms with Gasteiger partial charge in [0.05, 0.1) is 4.91 Å². The normalized spacial score (nSPS) is 15.0. The fourth-order valence-electron chi connectivity index (χ4n) is 5.60. The van der Waals surface area contributed by atoms with E-state index >= 15 is 0 Å². The maximum Gasteiger partial charge on any atom is 0.294 e. The van der Waals surface area contributed by atoms with Crippen molar-refractivity contribution in [2.45, 2.75) is 13.5 Å². The van der Waals surface area contributed by atoms with Gasteiger partial charge in [0.15, 0.2) is 11.5 Å². The van der Waals surface area contributed by atoms with Gasteiger partial charge >= 0.3 is 0 Å². The number of hydrogen-bond acceptors (Lipinski definition) is 7. The zero-order valence-corrected chi connectivity index (χ0v) is 24.9. The molecule has 10 nitrogen and oxygen atoms in total. The second-order valence-corrected chi connectivity index (χ2v) is 11.6. The van der Waals surface area contributed by atoms with Crippen LogP contribution < -0.4 is 20.1 Å². The monoisotopic (exact) mass is 618 g/mol. The first kappa shape index (κ1) is 28.2. The molecule has 0 aliphatic carbocycles. The lowest BCUT2D eigenvalue weighted by atomic mass is 10.1. The smallest absolute Gasteiger partial charge is 0.294 e. The standard InChI is InChI=1S/C34H26N4O6S/c1-20-25(24-10-4-5-12-27(24)37(20)17-31(39)35-22-13-14-28-29(15-22)44-19-43-28)16-30-33(41)38(34(42)45-30)18-32(40)36-26-11-6-8-21-7-2-3-9-23(21)26/h2-16H,17-19H2,1H3,(H,35,39)(H,36,40)/b30-16-. The SMILES string of the molecule is Cc1c(/C=C2\SC(=O)N(CC(=O)Nc3cccc4ccccc34)C2=O)c2ccccc2n1CC(=O)Nc1ccc2c(c1)OCO2. The molecule has 7 rings (SSSR count). The van der Waals surface area contributed by atoms with E-state index in [4.69, 9.17) is 9.47 Å². The van der Waals surface area contributed by atoms with E-state index in [9.17, 15) is 19.2 Å². The van der Waals surface area contributed by atoms with E-state index in [1.165, 1.54) is 0 Å². The van der Waals surface area contributed by atoms with E-state index in [1.54, 1.807) is 30.3 Å². The number of hydrogen-bond donors (Lipinski definition) is 2. The van der Waals surface area contributed by atoms with Crippen molar-refractivity contribution in [3.63, 3.8) is 0 Å². The number of nitrogens with one attached hydrogen (secondary N) is 2. The summed E-state index contributed by atoms with van der Waals surface area (Å²) >= 11 is 0.787. The van der Waals surface area contributed by atoms with Crippen LogP contribution in [0.4, 0.5) is 16.2 Å². The average Bonchev–Trinajstić information content (AvgIpc) is 3.69. The van der Waals surface area contributed by atoms with Gasteiger partial charge in [0.2, 0.25) is 18.6 Å². The highest BCUT2D eigenvalue weighted by Gasteiger charge is 2.37. The van der Waals surface area contributed by atoms with Crippen molar-refractivity contribution >= 4 is 73.8 Å². The summed E-state index contributed by atoms with van der Waals surface area (Å²) in [6.45, 7) is 1.61. The third-order valence-electron chi connectivity index (χ3n) is 7.75. The lowest BCUT2D eigenvalue weighted by Gasteiger charge is -2.13. The van der Waals surface area contributed by atoms with Crippen molar-refractivity contribution < 1.29 is 28.7 Å². The van der Waals surface area contributed by atoms with Gasteiger partial charge < -0.3 is 24.7 Å². The molecule has 3 heterocycles. The summed E-state index contributed by atoms with van der Waals surface area (Å²) in [5.74, 6) is -0.0785. The number of fused-ring (bicyclic) bond motifs is 3. The summed E-state index contributed by atoms with van der Waals surface area (Å²) in [6, 6.07) is 25.9. The Bertz CT molecular complexity index is 2080. The van der Waals surface area contributed by atoms with Crippen LogP contribution in [0.5, 0.6) is 11.5 Å². The van der Waals surface area contributed by atoms with Crippen molar-refractivity contribution in [3.05, 3.63) is 101 Å². The molecule has 45 heavy (non-hydrogen) atoms. The molecule has 0 spiro atoms. The minimum absolute atomic E-state index is 0.0183. The number of para-hydroxylation sites is 1. The number of carbonyl (C=O) groups excluding carboxylic acids is 4. The Hall–Kier alpha value is -5.55. The van der Waals surface area contributed by atoms with Crippen molar-refractivity contribution in [1.29, 1.82) is 0 Å². The highest BCUT2D eigenvalue weighted by atomic mass is 32.2. The maximum atomic E-state index is 13.4. The second kappa shape index (κ2) is 11.5. The van der Waals surface area contributed by atoms with E-state index < -0.39 is 23.6 Å². The number of rotatable bonds is 7. The lowest BCUT2D eigenvalue weighted by Crippen LogP contribution is -2.36. The number of amides is 4. The molecular weight excluding hydrogens is 592 g/mol. The van der Waals surface area contributed by atoms with Gasteiger partial charge in [-0.15, -0.1) is 0 Å². The average molecular weight is 619 g/mol. The van der Waals surface area contributed by atoms with Crippen LogP contribution >= 0.6 is 11.8 Å². The summed E-state index contributed by atoms with van der Waals surface area (Å²) in [4.78, 5) is 53.5. The number of ether oxygens (including phenoxy) is 2.